The van der Waals surface area contributed by atoms with E-state index in [1.165, 1.54) is 22.9 Å². The van der Waals surface area contributed by atoms with Crippen molar-refractivity contribution in [3.8, 4) is 0 Å². The monoisotopic (exact) mass is 567 g/mol. The molecule has 2 atom stereocenters. The predicted octanol–water partition coefficient (Wildman–Crippen LogP) is 3.07. The average molecular weight is 568 g/mol. The second kappa shape index (κ2) is 9.71. The zero-order valence-corrected chi connectivity index (χ0v) is 22.2. The van der Waals surface area contributed by atoms with Crippen LogP contribution in [-0.4, -0.2) is 50.9 Å². The zero-order chi connectivity index (χ0) is 28.1. The normalized spacial score (nSPS) is 20.9. The van der Waals surface area contributed by atoms with E-state index in [1.54, 1.807) is 43.6 Å². The lowest BCUT2D eigenvalue weighted by molar-refractivity contribution is -0.508. The Bertz CT molecular complexity index is 1710. The number of aliphatic hydroxyl groups excluding tert-OH is 1. The Morgan fingerprint density at radius 2 is 1.92 bits per heavy atom. The number of carbonyl (C=O) groups is 2. The molecule has 3 heterocycles. The van der Waals surface area contributed by atoms with Crippen molar-refractivity contribution in [3.05, 3.63) is 98.4 Å². The number of amides is 1. The minimum absolute atomic E-state index is 0.0853. The topological polar surface area (TPSA) is 166 Å². The van der Waals surface area contributed by atoms with Crippen molar-refractivity contribution in [2.24, 2.45) is 7.05 Å². The lowest BCUT2D eigenvalue weighted by atomic mass is 9.98. The Labute approximate surface area is 226 Å². The van der Waals surface area contributed by atoms with Gasteiger partial charge in [0.1, 0.15) is 16.0 Å². The Morgan fingerprint density at radius 1 is 1.21 bits per heavy atom. The third-order valence-corrected chi connectivity index (χ3v) is 9.61. The Balaban J connectivity index is 1.58. The van der Waals surface area contributed by atoms with Gasteiger partial charge in [0.15, 0.2) is 5.13 Å². The van der Waals surface area contributed by atoms with Gasteiger partial charge in [-0.25, -0.2) is 13.4 Å². The highest BCUT2D eigenvalue weighted by atomic mass is 32.2. The minimum atomic E-state index is -4.10. The number of allylic oxidation sites excluding steroid dienone is 1. The quantitative estimate of drug-likeness (QED) is 0.155. The Hall–Kier alpha value is -4.43. The molecule has 1 fully saturated rings. The molecule has 2 aliphatic rings. The zero-order valence-electron chi connectivity index (χ0n) is 20.6. The summed E-state index contributed by atoms with van der Waals surface area (Å²) in [6.07, 6.45) is 6.24. The van der Waals surface area contributed by atoms with Gasteiger partial charge in [-0.05, 0) is 25.1 Å². The van der Waals surface area contributed by atoms with Crippen molar-refractivity contribution in [2.45, 2.75) is 29.6 Å². The van der Waals surface area contributed by atoms with E-state index in [1.807, 2.05) is 6.92 Å². The summed E-state index contributed by atoms with van der Waals surface area (Å²) in [5.41, 5.74) is 1.33. The molecule has 39 heavy (non-hydrogen) atoms. The van der Waals surface area contributed by atoms with E-state index >= 15 is 0 Å². The predicted molar refractivity (Wildman–Crippen MR) is 141 cm³/mol. The van der Waals surface area contributed by atoms with Crippen LogP contribution in [0, 0.1) is 17.0 Å². The van der Waals surface area contributed by atoms with Crippen LogP contribution in [0.15, 0.2) is 75.6 Å². The van der Waals surface area contributed by atoms with Crippen LogP contribution in [0.3, 0.4) is 0 Å². The van der Waals surface area contributed by atoms with E-state index in [4.69, 9.17) is 0 Å². The minimum Gasteiger partial charge on any atom is -0.507 e. The molecule has 2 aromatic heterocycles. The second-order valence-corrected chi connectivity index (χ2v) is 12.2. The summed E-state index contributed by atoms with van der Waals surface area (Å²) in [5.74, 6) is -2.36. The van der Waals surface area contributed by atoms with Crippen molar-refractivity contribution >= 4 is 43.8 Å². The van der Waals surface area contributed by atoms with Gasteiger partial charge in [-0.3, -0.25) is 29.3 Å². The standard InChI is InChI=1S/C25H21N5O7S2/c1-14-3-5-15(6-4-14)22(31)20-21(18-11-12-28(2)27-18)29(24(33)23(20)32)25-26-13-19(38-25)39(36,37)17-9-7-16(8-10-17)30(34)35/h3-7,9-13,16,21,31H,8H2,1-2H3. The molecule has 1 aromatic carbocycles. The number of sulfone groups is 1. The third kappa shape index (κ3) is 4.57. The molecule has 12 nitrogen and oxygen atoms in total. The van der Waals surface area contributed by atoms with E-state index in [0.29, 0.717) is 16.9 Å². The highest BCUT2D eigenvalue weighted by molar-refractivity contribution is 7.97. The maximum Gasteiger partial charge on any atom is 0.301 e. The number of aliphatic hydroxyl groups is 1. The fourth-order valence-corrected chi connectivity index (χ4v) is 6.93. The number of hydrogen-bond acceptors (Lipinski definition) is 10. The van der Waals surface area contributed by atoms with Crippen LogP contribution < -0.4 is 4.90 Å². The molecule has 1 amide bonds. The van der Waals surface area contributed by atoms with Crippen molar-refractivity contribution in [3.63, 3.8) is 0 Å². The van der Waals surface area contributed by atoms with Crippen molar-refractivity contribution < 1.29 is 28.0 Å². The highest BCUT2D eigenvalue weighted by Crippen LogP contribution is 2.44. The lowest BCUT2D eigenvalue weighted by Gasteiger charge is -2.20. The van der Waals surface area contributed by atoms with E-state index in [0.717, 1.165) is 16.7 Å². The third-order valence-electron chi connectivity index (χ3n) is 6.35. The Morgan fingerprint density at radius 3 is 2.51 bits per heavy atom. The molecular weight excluding hydrogens is 546 g/mol. The van der Waals surface area contributed by atoms with Gasteiger partial charge >= 0.3 is 5.91 Å². The number of benzene rings is 1. The smallest absolute Gasteiger partial charge is 0.301 e. The molecule has 1 N–H and O–H groups in total. The van der Waals surface area contributed by atoms with Crippen LogP contribution >= 0.6 is 11.3 Å². The molecule has 14 heteroatoms. The number of carbonyl (C=O) groups excluding carboxylic acids is 2. The van der Waals surface area contributed by atoms with Crippen LogP contribution in [-0.2, 0) is 26.5 Å². The first-order valence-electron chi connectivity index (χ1n) is 11.6. The summed E-state index contributed by atoms with van der Waals surface area (Å²) in [7, 11) is -2.45. The summed E-state index contributed by atoms with van der Waals surface area (Å²) >= 11 is 0.667. The average Bonchev–Trinajstić information content (AvgIpc) is 3.63. The number of nitrogens with zero attached hydrogens (tertiary/aromatic N) is 5. The van der Waals surface area contributed by atoms with E-state index in [9.17, 15) is 33.2 Å². The molecule has 0 saturated carbocycles. The molecule has 3 aromatic rings. The number of aryl methyl sites for hydroxylation is 2. The SMILES string of the molecule is Cc1ccc(C(O)=C2C(=O)C(=O)N(c3ncc(S(=O)(=O)C4=CCC([N+](=O)[O-])C=C4)s3)C2c2ccn(C)n2)cc1. The summed E-state index contributed by atoms with van der Waals surface area (Å²) < 4.78 is 27.7. The summed E-state index contributed by atoms with van der Waals surface area (Å²) in [4.78, 5) is 42.1. The van der Waals surface area contributed by atoms with Crippen LogP contribution in [0.5, 0.6) is 0 Å². The molecule has 1 aliphatic carbocycles. The van der Waals surface area contributed by atoms with Gasteiger partial charge in [0.05, 0.1) is 22.4 Å². The van der Waals surface area contributed by atoms with Gasteiger partial charge in [0, 0.05) is 30.2 Å². The van der Waals surface area contributed by atoms with Crippen LogP contribution in [0.2, 0.25) is 0 Å². The fraction of sp³-hybridized carbons (Fsp3) is 0.200. The van der Waals surface area contributed by atoms with Crippen LogP contribution in [0.25, 0.3) is 5.76 Å². The largest absolute Gasteiger partial charge is 0.507 e. The molecule has 0 radical (unpaired) electrons. The number of aromatic nitrogens is 3. The molecule has 0 bridgehead atoms. The van der Waals surface area contributed by atoms with Crippen molar-refractivity contribution in [1.82, 2.24) is 14.8 Å². The van der Waals surface area contributed by atoms with Gasteiger partial charge in [-0.15, -0.1) is 0 Å². The Kier molecular flexibility index (Phi) is 6.52. The highest BCUT2D eigenvalue weighted by Gasteiger charge is 2.49. The number of Topliss-reactive ketones (excluding diaryl/α,β-unsaturated/α-hetero) is 1. The van der Waals surface area contributed by atoms with Crippen LogP contribution in [0.4, 0.5) is 5.13 Å². The number of thiazole rings is 1. The van der Waals surface area contributed by atoms with E-state index in [2.05, 4.69) is 10.1 Å². The summed E-state index contributed by atoms with van der Waals surface area (Å²) in [5, 5.41) is 26.4. The number of nitro groups is 1. The van der Waals surface area contributed by atoms with Gasteiger partial charge in [0.2, 0.25) is 15.9 Å². The maximum absolute atomic E-state index is 13.3. The van der Waals surface area contributed by atoms with E-state index in [-0.39, 0.29) is 31.9 Å². The number of ketones is 1. The van der Waals surface area contributed by atoms with E-state index < -0.39 is 44.3 Å². The number of rotatable bonds is 6. The first-order valence-corrected chi connectivity index (χ1v) is 13.9. The fourth-order valence-electron chi connectivity index (χ4n) is 4.30. The van der Waals surface area contributed by atoms with Gasteiger partial charge in [-0.2, -0.15) is 5.10 Å². The molecule has 0 spiro atoms. The molecule has 200 valence electrons. The van der Waals surface area contributed by atoms with Crippen LogP contribution in [0.1, 0.15) is 29.3 Å². The number of anilines is 1. The molecule has 1 aliphatic heterocycles. The maximum atomic E-state index is 13.3. The second-order valence-electron chi connectivity index (χ2n) is 8.97. The molecule has 1 saturated heterocycles. The number of hydrogen-bond donors (Lipinski definition) is 1. The molecular formula is C25H21N5O7S2. The van der Waals surface area contributed by atoms with Gasteiger partial charge in [0.25, 0.3) is 5.78 Å². The first-order chi connectivity index (χ1) is 18.5. The van der Waals surface area contributed by atoms with Gasteiger partial charge in [-0.1, -0.05) is 47.2 Å². The van der Waals surface area contributed by atoms with Crippen molar-refractivity contribution in [1.29, 1.82) is 0 Å². The summed E-state index contributed by atoms with van der Waals surface area (Å²) in [6.45, 7) is 1.87. The first kappa shape index (κ1) is 26.2. The molecule has 5 rings (SSSR count). The molecule has 2 unspecified atom stereocenters. The van der Waals surface area contributed by atoms with Crippen molar-refractivity contribution in [2.75, 3.05) is 4.90 Å². The lowest BCUT2D eigenvalue weighted by Crippen LogP contribution is -2.29. The summed E-state index contributed by atoms with van der Waals surface area (Å²) in [6, 6.07) is 6.15. The van der Waals surface area contributed by atoms with Gasteiger partial charge < -0.3 is 5.11 Å².